The molecule has 1 saturated carbocycles. The third kappa shape index (κ3) is 5.50. The molecule has 0 radical (unpaired) electrons. The van der Waals surface area contributed by atoms with E-state index in [0.29, 0.717) is 19.0 Å². The van der Waals surface area contributed by atoms with E-state index in [-0.39, 0.29) is 0 Å². The molecule has 22 heavy (non-hydrogen) atoms. The maximum Gasteiger partial charge on any atom is 0.407 e. The first kappa shape index (κ1) is 16.5. The maximum absolute atomic E-state index is 11.5. The summed E-state index contributed by atoms with van der Waals surface area (Å²) >= 11 is 0. The Balaban J connectivity index is 1.73. The topological polar surface area (TPSA) is 76.1 Å². The van der Waals surface area contributed by atoms with E-state index in [1.54, 1.807) is 6.33 Å². The molecule has 1 fully saturated rings. The molecule has 122 valence electrons. The Labute approximate surface area is 132 Å². The van der Waals surface area contributed by atoms with Gasteiger partial charge in [0.15, 0.2) is 0 Å². The van der Waals surface area contributed by atoms with Crippen LogP contribution in [0.15, 0.2) is 12.4 Å². The number of carbonyl (C=O) groups is 1. The Morgan fingerprint density at radius 1 is 1.27 bits per heavy atom. The quantitative estimate of drug-likeness (QED) is 0.818. The summed E-state index contributed by atoms with van der Waals surface area (Å²) in [5, 5.41) is 5.92. The van der Waals surface area contributed by atoms with Crippen LogP contribution in [0.25, 0.3) is 0 Å². The van der Waals surface area contributed by atoms with Crippen LogP contribution in [-0.2, 0) is 4.74 Å². The standard InChI is InChI=1S/C16H26N4O2/c1-16(2,3)22-15(21)18-9-8-17-14-10-13(19-11-20-14)12-6-4-5-7-12/h10-12H,4-9H2,1-3H3,(H,18,21)(H,17,19,20). The number of carbonyl (C=O) groups excluding carboxylic acids is 1. The van der Waals surface area contributed by atoms with Crippen LogP contribution in [0, 0.1) is 0 Å². The van der Waals surface area contributed by atoms with Gasteiger partial charge in [-0.15, -0.1) is 0 Å². The van der Waals surface area contributed by atoms with Crippen LogP contribution < -0.4 is 10.6 Å². The van der Waals surface area contributed by atoms with Crippen LogP contribution in [0.2, 0.25) is 0 Å². The van der Waals surface area contributed by atoms with Crippen molar-refractivity contribution >= 4 is 11.9 Å². The van der Waals surface area contributed by atoms with E-state index in [9.17, 15) is 4.79 Å². The van der Waals surface area contributed by atoms with Crippen molar-refractivity contribution in [3.05, 3.63) is 18.1 Å². The molecular weight excluding hydrogens is 280 g/mol. The zero-order chi connectivity index (χ0) is 16.0. The fraction of sp³-hybridized carbons (Fsp3) is 0.688. The number of aromatic nitrogens is 2. The molecular formula is C16H26N4O2. The molecule has 0 atom stereocenters. The van der Waals surface area contributed by atoms with Gasteiger partial charge in [0.2, 0.25) is 0 Å². The molecule has 0 aliphatic heterocycles. The summed E-state index contributed by atoms with van der Waals surface area (Å²) < 4.78 is 5.17. The van der Waals surface area contributed by atoms with Crippen molar-refractivity contribution in [1.29, 1.82) is 0 Å². The Morgan fingerprint density at radius 2 is 2.00 bits per heavy atom. The van der Waals surface area contributed by atoms with Gasteiger partial charge in [-0.2, -0.15) is 0 Å². The summed E-state index contributed by atoms with van der Waals surface area (Å²) in [6.07, 6.45) is 6.22. The Hall–Kier alpha value is -1.85. The molecule has 0 saturated heterocycles. The lowest BCUT2D eigenvalue weighted by atomic mass is 10.0. The van der Waals surface area contributed by atoms with E-state index in [1.807, 2.05) is 26.8 Å². The summed E-state index contributed by atoms with van der Waals surface area (Å²) in [6, 6.07) is 2.02. The molecule has 0 aromatic carbocycles. The zero-order valence-corrected chi connectivity index (χ0v) is 13.7. The average molecular weight is 306 g/mol. The highest BCUT2D eigenvalue weighted by molar-refractivity contribution is 5.67. The zero-order valence-electron chi connectivity index (χ0n) is 13.7. The van der Waals surface area contributed by atoms with Gasteiger partial charge in [0.1, 0.15) is 17.7 Å². The van der Waals surface area contributed by atoms with E-state index in [4.69, 9.17) is 4.74 Å². The third-order valence-electron chi connectivity index (χ3n) is 3.56. The Bertz CT molecular complexity index is 493. The SMILES string of the molecule is CC(C)(C)OC(=O)NCCNc1cc(C2CCCC2)ncn1. The van der Waals surface area contributed by atoms with E-state index >= 15 is 0 Å². The van der Waals surface area contributed by atoms with Crippen LogP contribution in [0.3, 0.4) is 0 Å². The molecule has 1 aromatic rings. The molecule has 1 aliphatic rings. The third-order valence-corrected chi connectivity index (χ3v) is 3.56. The number of nitrogens with zero attached hydrogens (tertiary/aromatic N) is 2. The highest BCUT2D eigenvalue weighted by Crippen LogP contribution is 2.33. The van der Waals surface area contributed by atoms with Crippen molar-refractivity contribution in [2.45, 2.75) is 58.0 Å². The number of hydrogen-bond acceptors (Lipinski definition) is 5. The lowest BCUT2D eigenvalue weighted by molar-refractivity contribution is 0.0530. The molecule has 6 heteroatoms. The number of anilines is 1. The van der Waals surface area contributed by atoms with Crippen molar-refractivity contribution in [3.8, 4) is 0 Å². The van der Waals surface area contributed by atoms with Gasteiger partial charge in [0.25, 0.3) is 0 Å². The van der Waals surface area contributed by atoms with Gasteiger partial charge < -0.3 is 15.4 Å². The fourth-order valence-corrected chi connectivity index (χ4v) is 2.58. The molecule has 0 unspecified atom stereocenters. The minimum Gasteiger partial charge on any atom is -0.444 e. The van der Waals surface area contributed by atoms with Crippen molar-refractivity contribution in [2.75, 3.05) is 18.4 Å². The monoisotopic (exact) mass is 306 g/mol. The van der Waals surface area contributed by atoms with E-state index in [2.05, 4.69) is 20.6 Å². The predicted octanol–water partition coefficient (Wildman–Crippen LogP) is 3.07. The summed E-state index contributed by atoms with van der Waals surface area (Å²) in [6.45, 7) is 6.61. The van der Waals surface area contributed by atoms with Crippen molar-refractivity contribution in [1.82, 2.24) is 15.3 Å². The maximum atomic E-state index is 11.5. The first-order valence-corrected chi connectivity index (χ1v) is 7.97. The average Bonchev–Trinajstić information content (AvgIpc) is 2.96. The number of alkyl carbamates (subject to hydrolysis) is 1. The van der Waals surface area contributed by atoms with E-state index in [1.165, 1.54) is 25.7 Å². The van der Waals surface area contributed by atoms with Crippen molar-refractivity contribution < 1.29 is 9.53 Å². The van der Waals surface area contributed by atoms with E-state index in [0.717, 1.165) is 11.5 Å². The molecule has 6 nitrogen and oxygen atoms in total. The van der Waals surface area contributed by atoms with E-state index < -0.39 is 11.7 Å². The summed E-state index contributed by atoms with van der Waals surface area (Å²) in [5.41, 5.74) is 0.649. The Kier molecular flexibility index (Phi) is 5.57. The highest BCUT2D eigenvalue weighted by Gasteiger charge is 2.18. The normalized spacial score (nSPS) is 15.6. The van der Waals surface area contributed by atoms with Crippen LogP contribution in [0.1, 0.15) is 58.1 Å². The molecule has 2 rings (SSSR count). The number of rotatable bonds is 5. The van der Waals surface area contributed by atoms with Gasteiger partial charge in [0, 0.05) is 30.8 Å². The van der Waals surface area contributed by atoms with Gasteiger partial charge >= 0.3 is 6.09 Å². The van der Waals surface area contributed by atoms with Crippen LogP contribution in [-0.4, -0.2) is 34.8 Å². The largest absolute Gasteiger partial charge is 0.444 e. The second-order valence-electron chi connectivity index (χ2n) is 6.66. The number of ether oxygens (including phenoxy) is 1. The van der Waals surface area contributed by atoms with Crippen LogP contribution >= 0.6 is 0 Å². The lowest BCUT2D eigenvalue weighted by Crippen LogP contribution is -2.35. The van der Waals surface area contributed by atoms with Crippen LogP contribution in [0.4, 0.5) is 10.6 Å². The Morgan fingerprint density at radius 3 is 2.68 bits per heavy atom. The van der Waals surface area contributed by atoms with Gasteiger partial charge in [-0.25, -0.2) is 14.8 Å². The molecule has 1 aromatic heterocycles. The van der Waals surface area contributed by atoms with Crippen molar-refractivity contribution in [3.63, 3.8) is 0 Å². The summed E-state index contributed by atoms with van der Waals surface area (Å²) in [7, 11) is 0. The molecule has 1 heterocycles. The summed E-state index contributed by atoms with van der Waals surface area (Å²) in [5.74, 6) is 1.38. The minimum atomic E-state index is -0.472. The van der Waals surface area contributed by atoms with Gasteiger partial charge in [0.05, 0.1) is 0 Å². The van der Waals surface area contributed by atoms with Gasteiger partial charge in [-0.05, 0) is 33.6 Å². The van der Waals surface area contributed by atoms with Crippen molar-refractivity contribution in [2.24, 2.45) is 0 Å². The predicted molar refractivity (Wildman–Crippen MR) is 86.0 cm³/mol. The number of amides is 1. The van der Waals surface area contributed by atoms with Gasteiger partial charge in [-0.1, -0.05) is 12.8 Å². The summed E-state index contributed by atoms with van der Waals surface area (Å²) in [4.78, 5) is 20.1. The first-order valence-electron chi connectivity index (χ1n) is 7.97. The van der Waals surface area contributed by atoms with Gasteiger partial charge in [-0.3, -0.25) is 0 Å². The van der Waals surface area contributed by atoms with Crippen LogP contribution in [0.5, 0.6) is 0 Å². The molecule has 1 aliphatic carbocycles. The molecule has 2 N–H and O–H groups in total. The highest BCUT2D eigenvalue weighted by atomic mass is 16.6. The number of hydrogen-bond donors (Lipinski definition) is 2. The molecule has 0 bridgehead atoms. The molecule has 0 spiro atoms. The fourth-order valence-electron chi connectivity index (χ4n) is 2.58. The second kappa shape index (κ2) is 7.42. The minimum absolute atomic E-state index is 0.399. The number of nitrogens with one attached hydrogen (secondary N) is 2. The smallest absolute Gasteiger partial charge is 0.407 e. The molecule has 1 amide bonds. The lowest BCUT2D eigenvalue weighted by Gasteiger charge is -2.19. The first-order chi connectivity index (χ1) is 10.4. The second-order valence-corrected chi connectivity index (χ2v) is 6.66.